The van der Waals surface area contributed by atoms with Crippen molar-refractivity contribution in [1.82, 2.24) is 14.5 Å². The first-order valence-electron chi connectivity index (χ1n) is 8.33. The highest BCUT2D eigenvalue weighted by Gasteiger charge is 2.29. The number of hydrogen-bond acceptors (Lipinski definition) is 5. The lowest BCUT2D eigenvalue weighted by molar-refractivity contribution is -0.384. The number of nitrogens with zero attached hydrogens (tertiary/aromatic N) is 4. The second-order valence-corrected chi connectivity index (χ2v) is 6.57. The molecule has 2 heterocycles. The van der Waals surface area contributed by atoms with E-state index >= 15 is 0 Å². The molecule has 1 aromatic heterocycles. The van der Waals surface area contributed by atoms with E-state index in [1.165, 1.54) is 29.1 Å². The smallest absolute Gasteiger partial charge is 0.270 e. The molecule has 0 spiro atoms. The molecule has 0 saturated carbocycles. The van der Waals surface area contributed by atoms with Gasteiger partial charge in [0.2, 0.25) is 5.91 Å². The zero-order valence-electron chi connectivity index (χ0n) is 14.2. The molecule has 2 atom stereocenters. The SMILES string of the molecule is C[C@@H]1CCC[C@H](C)N1C(=O)Cn1cnc2ccc([N+](=O)[O-])cc2c1=O. The van der Waals surface area contributed by atoms with E-state index in [1.807, 2.05) is 18.7 Å². The van der Waals surface area contributed by atoms with E-state index in [0.29, 0.717) is 5.52 Å². The van der Waals surface area contributed by atoms with Crippen LogP contribution in [-0.2, 0) is 11.3 Å². The Bertz CT molecular complexity index is 882. The Morgan fingerprint density at radius 3 is 2.64 bits per heavy atom. The van der Waals surface area contributed by atoms with Gasteiger partial charge >= 0.3 is 0 Å². The van der Waals surface area contributed by atoms with Crippen molar-refractivity contribution in [2.75, 3.05) is 0 Å². The topological polar surface area (TPSA) is 98.3 Å². The molecule has 0 bridgehead atoms. The summed E-state index contributed by atoms with van der Waals surface area (Å²) in [5, 5.41) is 11.1. The van der Waals surface area contributed by atoms with Gasteiger partial charge in [0.25, 0.3) is 11.2 Å². The molecular formula is C17H20N4O4. The molecule has 1 aliphatic heterocycles. The van der Waals surface area contributed by atoms with Gasteiger partial charge in [-0.05, 0) is 39.2 Å². The molecule has 0 N–H and O–H groups in total. The highest BCUT2D eigenvalue weighted by Crippen LogP contribution is 2.23. The molecule has 3 rings (SSSR count). The number of rotatable bonds is 3. The number of carbonyl (C=O) groups excluding carboxylic acids is 1. The number of likely N-dealkylation sites (tertiary alicyclic amines) is 1. The molecule has 1 amide bonds. The van der Waals surface area contributed by atoms with E-state index in [4.69, 9.17) is 0 Å². The normalized spacial score (nSPS) is 20.6. The Morgan fingerprint density at radius 1 is 1.32 bits per heavy atom. The minimum Gasteiger partial charge on any atom is -0.336 e. The Hall–Kier alpha value is -2.77. The molecule has 1 saturated heterocycles. The summed E-state index contributed by atoms with van der Waals surface area (Å²) in [6.45, 7) is 3.91. The van der Waals surface area contributed by atoms with Crippen LogP contribution in [0, 0.1) is 10.1 Å². The molecular weight excluding hydrogens is 324 g/mol. The second-order valence-electron chi connectivity index (χ2n) is 6.57. The number of carbonyl (C=O) groups is 1. The monoisotopic (exact) mass is 344 g/mol. The van der Waals surface area contributed by atoms with Gasteiger partial charge in [-0.2, -0.15) is 0 Å². The summed E-state index contributed by atoms with van der Waals surface area (Å²) in [5.41, 5.74) is -0.243. The number of aromatic nitrogens is 2. The van der Waals surface area contributed by atoms with Crippen LogP contribution >= 0.6 is 0 Å². The first-order valence-corrected chi connectivity index (χ1v) is 8.33. The van der Waals surface area contributed by atoms with Crippen molar-refractivity contribution in [1.29, 1.82) is 0 Å². The highest BCUT2D eigenvalue weighted by atomic mass is 16.6. The van der Waals surface area contributed by atoms with Gasteiger partial charge in [0.15, 0.2) is 0 Å². The Labute approximate surface area is 144 Å². The lowest BCUT2D eigenvalue weighted by Crippen LogP contribution is -2.49. The van der Waals surface area contributed by atoms with Gasteiger partial charge in [-0.15, -0.1) is 0 Å². The van der Waals surface area contributed by atoms with Crippen molar-refractivity contribution < 1.29 is 9.72 Å². The quantitative estimate of drug-likeness (QED) is 0.627. The van der Waals surface area contributed by atoms with Crippen LogP contribution in [0.4, 0.5) is 5.69 Å². The zero-order chi connectivity index (χ0) is 18.1. The average molecular weight is 344 g/mol. The third-order valence-electron chi connectivity index (χ3n) is 4.81. The van der Waals surface area contributed by atoms with Gasteiger partial charge in [0.1, 0.15) is 6.54 Å². The predicted octanol–water partition coefficient (Wildman–Crippen LogP) is 2.09. The summed E-state index contributed by atoms with van der Waals surface area (Å²) in [5.74, 6) is -0.131. The maximum absolute atomic E-state index is 12.7. The summed E-state index contributed by atoms with van der Waals surface area (Å²) < 4.78 is 1.22. The van der Waals surface area contributed by atoms with Crippen LogP contribution in [0.3, 0.4) is 0 Å². The van der Waals surface area contributed by atoms with Gasteiger partial charge in [-0.3, -0.25) is 24.3 Å². The molecule has 8 heteroatoms. The predicted molar refractivity (Wildman–Crippen MR) is 92.3 cm³/mol. The van der Waals surface area contributed by atoms with Gasteiger partial charge in [0, 0.05) is 24.2 Å². The fourth-order valence-corrected chi connectivity index (χ4v) is 3.51. The van der Waals surface area contributed by atoms with E-state index in [-0.39, 0.29) is 35.6 Å². The van der Waals surface area contributed by atoms with Gasteiger partial charge < -0.3 is 4.90 Å². The lowest BCUT2D eigenvalue weighted by atomic mass is 9.97. The number of amides is 1. The molecule has 1 fully saturated rings. The molecule has 1 aromatic carbocycles. The maximum atomic E-state index is 12.7. The van der Waals surface area contributed by atoms with Crippen molar-refractivity contribution in [3.05, 3.63) is 45.0 Å². The number of piperidine rings is 1. The summed E-state index contributed by atoms with van der Waals surface area (Å²) in [7, 11) is 0. The minimum atomic E-state index is -0.557. The number of hydrogen-bond donors (Lipinski definition) is 0. The van der Waals surface area contributed by atoms with Crippen molar-refractivity contribution >= 4 is 22.5 Å². The Morgan fingerprint density at radius 2 is 2.00 bits per heavy atom. The first kappa shape index (κ1) is 17.1. The molecule has 2 aromatic rings. The zero-order valence-corrected chi connectivity index (χ0v) is 14.2. The van der Waals surface area contributed by atoms with Gasteiger partial charge in [-0.25, -0.2) is 4.98 Å². The van der Waals surface area contributed by atoms with Crippen LogP contribution in [0.25, 0.3) is 10.9 Å². The average Bonchev–Trinajstić information content (AvgIpc) is 2.57. The molecule has 0 aliphatic carbocycles. The van der Waals surface area contributed by atoms with Crippen molar-refractivity contribution in [2.45, 2.75) is 51.7 Å². The van der Waals surface area contributed by atoms with Crippen LogP contribution in [-0.4, -0.2) is 37.4 Å². The molecule has 0 radical (unpaired) electrons. The van der Waals surface area contributed by atoms with Crippen LogP contribution in [0.5, 0.6) is 0 Å². The van der Waals surface area contributed by atoms with Crippen molar-refractivity contribution in [2.24, 2.45) is 0 Å². The third kappa shape index (κ3) is 3.24. The van der Waals surface area contributed by atoms with E-state index in [2.05, 4.69) is 4.98 Å². The van der Waals surface area contributed by atoms with Gasteiger partial charge in [-0.1, -0.05) is 0 Å². The minimum absolute atomic E-state index is 0.112. The van der Waals surface area contributed by atoms with E-state index in [0.717, 1.165) is 19.3 Å². The number of non-ortho nitro benzene ring substituents is 1. The Kier molecular flexibility index (Phi) is 4.52. The van der Waals surface area contributed by atoms with E-state index < -0.39 is 10.5 Å². The fraction of sp³-hybridized carbons (Fsp3) is 0.471. The summed E-state index contributed by atoms with van der Waals surface area (Å²) in [6.07, 6.45) is 4.32. The van der Waals surface area contributed by atoms with Gasteiger partial charge in [0.05, 0.1) is 22.2 Å². The number of fused-ring (bicyclic) bond motifs is 1. The van der Waals surface area contributed by atoms with Crippen LogP contribution in [0.2, 0.25) is 0 Å². The number of nitro groups is 1. The summed E-state index contributed by atoms with van der Waals surface area (Å²) in [6, 6.07) is 4.23. The second kappa shape index (κ2) is 6.62. The molecule has 132 valence electrons. The fourth-order valence-electron chi connectivity index (χ4n) is 3.51. The summed E-state index contributed by atoms with van der Waals surface area (Å²) >= 11 is 0. The van der Waals surface area contributed by atoms with Crippen LogP contribution in [0.15, 0.2) is 29.3 Å². The van der Waals surface area contributed by atoms with E-state index in [9.17, 15) is 19.7 Å². The van der Waals surface area contributed by atoms with Crippen LogP contribution in [0.1, 0.15) is 33.1 Å². The summed E-state index contributed by atoms with van der Waals surface area (Å²) in [4.78, 5) is 41.6. The standard InChI is InChI=1S/C17H20N4O4/c1-11-4-3-5-12(2)20(11)16(22)9-19-10-18-15-7-6-13(21(24)25)8-14(15)17(19)23/h6-8,10-12H,3-5,9H2,1-2H3/t11-,12+. The Balaban J connectivity index is 1.93. The van der Waals surface area contributed by atoms with Crippen LogP contribution < -0.4 is 5.56 Å². The third-order valence-corrected chi connectivity index (χ3v) is 4.81. The first-order chi connectivity index (χ1) is 11.9. The van der Waals surface area contributed by atoms with E-state index in [1.54, 1.807) is 0 Å². The maximum Gasteiger partial charge on any atom is 0.270 e. The number of benzene rings is 1. The largest absolute Gasteiger partial charge is 0.336 e. The molecule has 8 nitrogen and oxygen atoms in total. The van der Waals surface area contributed by atoms with Crippen molar-refractivity contribution in [3.8, 4) is 0 Å². The number of nitro benzene ring substituents is 1. The molecule has 0 unspecified atom stereocenters. The highest BCUT2D eigenvalue weighted by molar-refractivity contribution is 5.81. The molecule has 25 heavy (non-hydrogen) atoms. The van der Waals surface area contributed by atoms with Crippen molar-refractivity contribution in [3.63, 3.8) is 0 Å². The molecule has 1 aliphatic rings. The lowest BCUT2D eigenvalue weighted by Gasteiger charge is -2.39.